The zero-order chi connectivity index (χ0) is 13.1. The Morgan fingerprint density at radius 3 is 2.22 bits per heavy atom. The quantitative estimate of drug-likeness (QED) is 0.696. The van der Waals surface area contributed by atoms with E-state index < -0.39 is 0 Å². The monoisotopic (exact) mass is 332 g/mol. The lowest BCUT2D eigenvalue weighted by molar-refractivity contribution is 0.471. The Labute approximate surface area is 116 Å². The fraction of sp³-hybridized carbons (Fsp3) is 0.0769. The molecule has 1 nitrogen and oxygen atoms in total. The molecule has 94 valence electrons. The van der Waals surface area contributed by atoms with Crippen molar-refractivity contribution in [2.45, 2.75) is 5.88 Å². The van der Waals surface area contributed by atoms with Gasteiger partial charge in [-0.2, -0.15) is 0 Å². The first-order valence-corrected chi connectivity index (χ1v) is 6.40. The van der Waals surface area contributed by atoms with E-state index in [0.29, 0.717) is 21.5 Å². The molecule has 0 aliphatic carbocycles. The SMILES string of the molecule is Fc1ccc(Oc2ccc(F)cc2CCl)c(Br)c1. The van der Waals surface area contributed by atoms with Gasteiger partial charge in [-0.15, -0.1) is 11.6 Å². The summed E-state index contributed by atoms with van der Waals surface area (Å²) in [5, 5.41) is 0. The van der Waals surface area contributed by atoms with Gasteiger partial charge in [-0.05, 0) is 52.3 Å². The summed E-state index contributed by atoms with van der Waals surface area (Å²) in [7, 11) is 0. The van der Waals surface area contributed by atoms with Gasteiger partial charge in [0.25, 0.3) is 0 Å². The van der Waals surface area contributed by atoms with E-state index in [-0.39, 0.29) is 17.5 Å². The van der Waals surface area contributed by atoms with Crippen molar-refractivity contribution in [3.8, 4) is 11.5 Å². The Bertz CT molecular complexity index is 575. The van der Waals surface area contributed by atoms with E-state index in [9.17, 15) is 8.78 Å². The van der Waals surface area contributed by atoms with Gasteiger partial charge < -0.3 is 4.74 Å². The number of ether oxygens (including phenoxy) is 1. The smallest absolute Gasteiger partial charge is 0.141 e. The van der Waals surface area contributed by atoms with Crippen LogP contribution in [0.15, 0.2) is 40.9 Å². The maximum absolute atomic E-state index is 13.0. The predicted octanol–water partition coefficient (Wildman–Crippen LogP) is 5.26. The van der Waals surface area contributed by atoms with Crippen LogP contribution in [-0.4, -0.2) is 0 Å². The first-order valence-electron chi connectivity index (χ1n) is 5.07. The minimum atomic E-state index is -0.379. The number of benzene rings is 2. The summed E-state index contributed by atoms with van der Waals surface area (Å²) in [5.41, 5.74) is 0.535. The number of halogens is 4. The molecule has 2 rings (SSSR count). The Balaban J connectivity index is 2.33. The molecule has 18 heavy (non-hydrogen) atoms. The van der Waals surface area contributed by atoms with Crippen LogP contribution in [0.5, 0.6) is 11.5 Å². The van der Waals surface area contributed by atoms with Crippen LogP contribution < -0.4 is 4.74 Å². The van der Waals surface area contributed by atoms with Crippen LogP contribution in [0.2, 0.25) is 0 Å². The van der Waals surface area contributed by atoms with Crippen molar-refractivity contribution in [1.82, 2.24) is 0 Å². The molecule has 0 radical (unpaired) electrons. The first kappa shape index (κ1) is 13.3. The molecular weight excluding hydrogens is 325 g/mol. The summed E-state index contributed by atoms with van der Waals surface area (Å²) >= 11 is 8.91. The second kappa shape index (κ2) is 5.67. The number of alkyl halides is 1. The van der Waals surface area contributed by atoms with Crippen LogP contribution in [0.1, 0.15) is 5.56 Å². The van der Waals surface area contributed by atoms with E-state index in [4.69, 9.17) is 16.3 Å². The minimum Gasteiger partial charge on any atom is -0.456 e. The molecule has 0 unspecified atom stereocenters. The van der Waals surface area contributed by atoms with Gasteiger partial charge in [-0.1, -0.05) is 0 Å². The highest BCUT2D eigenvalue weighted by Gasteiger charge is 2.08. The van der Waals surface area contributed by atoms with Crippen molar-refractivity contribution in [2.75, 3.05) is 0 Å². The van der Waals surface area contributed by atoms with Crippen molar-refractivity contribution in [3.63, 3.8) is 0 Å². The summed E-state index contributed by atoms with van der Waals surface area (Å²) < 4.78 is 32.0. The molecule has 2 aromatic rings. The lowest BCUT2D eigenvalue weighted by atomic mass is 10.2. The Kier molecular flexibility index (Phi) is 4.19. The average Bonchev–Trinajstić information content (AvgIpc) is 2.34. The molecule has 0 atom stereocenters. The minimum absolute atomic E-state index is 0.131. The maximum atomic E-state index is 13.0. The molecule has 0 N–H and O–H groups in total. The third kappa shape index (κ3) is 3.00. The van der Waals surface area contributed by atoms with E-state index in [0.717, 1.165) is 0 Å². The molecule has 0 heterocycles. The second-order valence-electron chi connectivity index (χ2n) is 3.56. The second-order valence-corrected chi connectivity index (χ2v) is 4.68. The largest absolute Gasteiger partial charge is 0.456 e. The normalized spacial score (nSPS) is 10.4. The van der Waals surface area contributed by atoms with Crippen LogP contribution >= 0.6 is 27.5 Å². The molecule has 0 bridgehead atoms. The van der Waals surface area contributed by atoms with Crippen molar-refractivity contribution in [3.05, 3.63) is 58.1 Å². The summed E-state index contributed by atoms with van der Waals surface area (Å²) in [6.07, 6.45) is 0. The third-order valence-corrected chi connectivity index (χ3v) is 3.19. The van der Waals surface area contributed by atoms with Crippen LogP contribution in [0, 0.1) is 11.6 Å². The molecule has 5 heteroatoms. The third-order valence-electron chi connectivity index (χ3n) is 2.28. The number of rotatable bonds is 3. The Hall–Kier alpha value is -1.13. The summed E-state index contributed by atoms with van der Waals surface area (Å²) in [6.45, 7) is 0. The molecular formula is C13H8BrClF2O. The van der Waals surface area contributed by atoms with Gasteiger partial charge in [0, 0.05) is 5.56 Å². The fourth-order valence-electron chi connectivity index (χ4n) is 1.43. The van der Waals surface area contributed by atoms with E-state index >= 15 is 0 Å². The van der Waals surface area contributed by atoms with Gasteiger partial charge in [0.2, 0.25) is 0 Å². The lowest BCUT2D eigenvalue weighted by Gasteiger charge is -2.11. The van der Waals surface area contributed by atoms with Crippen molar-refractivity contribution in [2.24, 2.45) is 0 Å². The summed E-state index contributed by atoms with van der Waals surface area (Å²) in [6, 6.07) is 8.13. The molecule has 0 aliphatic rings. The highest BCUT2D eigenvalue weighted by molar-refractivity contribution is 9.10. The molecule has 0 saturated carbocycles. The molecule has 0 aromatic heterocycles. The van der Waals surface area contributed by atoms with E-state index in [1.54, 1.807) is 0 Å². The highest BCUT2D eigenvalue weighted by Crippen LogP contribution is 2.32. The Morgan fingerprint density at radius 1 is 1.00 bits per heavy atom. The molecule has 0 fully saturated rings. The van der Waals surface area contributed by atoms with E-state index in [1.807, 2.05) is 0 Å². The van der Waals surface area contributed by atoms with Gasteiger partial charge in [-0.25, -0.2) is 8.78 Å². The zero-order valence-electron chi connectivity index (χ0n) is 9.09. The molecule has 0 amide bonds. The van der Waals surface area contributed by atoms with Crippen LogP contribution in [-0.2, 0) is 5.88 Å². The molecule has 0 saturated heterocycles. The summed E-state index contributed by atoms with van der Waals surface area (Å²) in [5.74, 6) is 0.265. The first-order chi connectivity index (χ1) is 8.60. The Morgan fingerprint density at radius 2 is 1.61 bits per heavy atom. The van der Waals surface area contributed by atoms with Crippen LogP contribution in [0.25, 0.3) is 0 Å². The highest BCUT2D eigenvalue weighted by atomic mass is 79.9. The molecule has 2 aromatic carbocycles. The maximum Gasteiger partial charge on any atom is 0.141 e. The number of hydrogen-bond donors (Lipinski definition) is 0. The lowest BCUT2D eigenvalue weighted by Crippen LogP contribution is -1.92. The average molecular weight is 334 g/mol. The molecule has 0 spiro atoms. The van der Waals surface area contributed by atoms with Gasteiger partial charge in [0.15, 0.2) is 0 Å². The van der Waals surface area contributed by atoms with E-state index in [1.165, 1.54) is 36.4 Å². The van der Waals surface area contributed by atoms with Crippen molar-refractivity contribution >= 4 is 27.5 Å². The van der Waals surface area contributed by atoms with Gasteiger partial charge in [0.1, 0.15) is 23.1 Å². The standard InChI is InChI=1S/C13H8BrClF2O/c14-11-6-10(17)2-4-13(11)18-12-3-1-9(16)5-8(12)7-15/h1-6H,7H2. The van der Waals surface area contributed by atoms with Gasteiger partial charge >= 0.3 is 0 Å². The van der Waals surface area contributed by atoms with Crippen LogP contribution in [0.3, 0.4) is 0 Å². The fourth-order valence-corrected chi connectivity index (χ4v) is 2.07. The topological polar surface area (TPSA) is 9.23 Å². The van der Waals surface area contributed by atoms with Crippen molar-refractivity contribution < 1.29 is 13.5 Å². The van der Waals surface area contributed by atoms with Gasteiger partial charge in [0.05, 0.1) is 10.4 Å². The number of hydrogen-bond acceptors (Lipinski definition) is 1. The van der Waals surface area contributed by atoms with Gasteiger partial charge in [-0.3, -0.25) is 0 Å². The molecule has 0 aliphatic heterocycles. The van der Waals surface area contributed by atoms with Crippen molar-refractivity contribution in [1.29, 1.82) is 0 Å². The zero-order valence-corrected chi connectivity index (χ0v) is 11.4. The van der Waals surface area contributed by atoms with E-state index in [2.05, 4.69) is 15.9 Å². The predicted molar refractivity (Wildman–Crippen MR) is 70.1 cm³/mol. The van der Waals surface area contributed by atoms with Crippen LogP contribution in [0.4, 0.5) is 8.78 Å². The summed E-state index contributed by atoms with van der Waals surface area (Å²) in [4.78, 5) is 0.